The molecule has 2 N–H and O–H groups in total. The number of hydrogen-bond donors (Lipinski definition) is 2. The van der Waals surface area contributed by atoms with Gasteiger partial charge in [-0.3, -0.25) is 4.79 Å². The molecule has 28 heavy (non-hydrogen) atoms. The first-order valence-corrected chi connectivity index (χ1v) is 9.65. The molecule has 2 aliphatic heterocycles. The number of aliphatic hydroxyl groups is 2. The van der Waals surface area contributed by atoms with Gasteiger partial charge in [-0.15, -0.1) is 0 Å². The van der Waals surface area contributed by atoms with Crippen LogP contribution in [0.1, 0.15) is 34.1 Å². The Morgan fingerprint density at radius 2 is 1.75 bits per heavy atom. The normalized spacial score (nSPS) is 22.9. The minimum Gasteiger partial charge on any atom is -0.399 e. The molecule has 2 fully saturated rings. The molecule has 0 bridgehead atoms. The van der Waals surface area contributed by atoms with Crippen LogP contribution in [-0.4, -0.2) is 88.2 Å². The van der Waals surface area contributed by atoms with E-state index in [0.717, 1.165) is 11.9 Å². The van der Waals surface area contributed by atoms with E-state index in [-0.39, 0.29) is 0 Å². The zero-order valence-corrected chi connectivity index (χ0v) is 17.0. The summed E-state index contributed by atoms with van der Waals surface area (Å²) in [5.74, 6) is 0.138. The zero-order valence-electron chi connectivity index (χ0n) is 17.0. The van der Waals surface area contributed by atoms with Crippen LogP contribution in [0.5, 0.6) is 0 Å². The average molecular weight is 392 g/mol. The molecule has 0 radical (unpaired) electrons. The molecule has 1 amide bonds. The van der Waals surface area contributed by atoms with Crippen molar-refractivity contribution < 1.29 is 24.3 Å². The molecule has 9 nitrogen and oxygen atoms in total. The average Bonchev–Trinajstić information content (AvgIpc) is 2.84. The van der Waals surface area contributed by atoms with Gasteiger partial charge in [0.25, 0.3) is 5.91 Å². The molecule has 3 rings (SSSR count). The molecule has 1 atom stereocenters. The van der Waals surface area contributed by atoms with Crippen molar-refractivity contribution in [3.05, 3.63) is 12.4 Å². The Labute approximate surface area is 165 Å². The Kier molecular flexibility index (Phi) is 5.95. The Morgan fingerprint density at radius 3 is 2.32 bits per heavy atom. The summed E-state index contributed by atoms with van der Waals surface area (Å²) in [5, 5.41) is 18.5. The summed E-state index contributed by atoms with van der Waals surface area (Å²) in [6.45, 7) is 9.66. The van der Waals surface area contributed by atoms with Crippen molar-refractivity contribution in [2.24, 2.45) is 0 Å². The molecule has 0 unspecified atom stereocenters. The molecule has 0 spiro atoms. The second kappa shape index (κ2) is 7.94. The van der Waals surface area contributed by atoms with Crippen LogP contribution in [0.15, 0.2) is 12.4 Å². The van der Waals surface area contributed by atoms with Gasteiger partial charge in [-0.25, -0.2) is 9.97 Å². The van der Waals surface area contributed by atoms with E-state index < -0.39 is 36.9 Å². The highest BCUT2D eigenvalue weighted by Crippen LogP contribution is 2.36. The summed E-state index contributed by atoms with van der Waals surface area (Å²) < 4.78 is 12.0. The topological polar surface area (TPSA) is 108 Å². The third kappa shape index (κ3) is 4.14. The highest BCUT2D eigenvalue weighted by atomic mass is 16.7. The maximum Gasteiger partial charge on any atom is 0.498 e. The van der Waals surface area contributed by atoms with Gasteiger partial charge < -0.3 is 29.3 Å². The van der Waals surface area contributed by atoms with Crippen LogP contribution < -0.4 is 10.4 Å². The molecule has 10 heteroatoms. The first-order valence-electron chi connectivity index (χ1n) is 9.65. The minimum atomic E-state index is -1.36. The third-order valence-corrected chi connectivity index (χ3v) is 5.73. The van der Waals surface area contributed by atoms with E-state index >= 15 is 0 Å². The van der Waals surface area contributed by atoms with E-state index in [1.807, 2.05) is 32.6 Å². The summed E-state index contributed by atoms with van der Waals surface area (Å²) in [6, 6.07) is 0. The van der Waals surface area contributed by atoms with Crippen molar-refractivity contribution in [3.8, 4) is 0 Å². The van der Waals surface area contributed by atoms with Gasteiger partial charge in [0, 0.05) is 44.0 Å². The summed E-state index contributed by atoms with van der Waals surface area (Å²) in [4.78, 5) is 24.6. The molecular weight excluding hydrogens is 363 g/mol. The zero-order chi connectivity index (χ0) is 20.5. The van der Waals surface area contributed by atoms with Gasteiger partial charge in [0.2, 0.25) is 5.95 Å². The van der Waals surface area contributed by atoms with Crippen molar-refractivity contribution in [2.45, 2.75) is 51.4 Å². The lowest BCUT2D eigenvalue weighted by Gasteiger charge is -2.32. The molecular formula is C18H29BN4O5. The molecule has 1 aromatic heterocycles. The summed E-state index contributed by atoms with van der Waals surface area (Å²) in [6.07, 6.45) is 2.80. The van der Waals surface area contributed by atoms with Crippen molar-refractivity contribution in [3.63, 3.8) is 0 Å². The Morgan fingerprint density at radius 1 is 1.14 bits per heavy atom. The fourth-order valence-electron chi connectivity index (χ4n) is 3.22. The minimum absolute atomic E-state index is 0.420. The van der Waals surface area contributed by atoms with Crippen LogP contribution in [0, 0.1) is 0 Å². The van der Waals surface area contributed by atoms with Crippen LogP contribution in [0.25, 0.3) is 0 Å². The van der Waals surface area contributed by atoms with Crippen LogP contribution in [-0.2, 0) is 14.1 Å². The summed E-state index contributed by atoms with van der Waals surface area (Å²) in [7, 11) is -0.503. The van der Waals surface area contributed by atoms with E-state index in [1.54, 1.807) is 17.3 Å². The van der Waals surface area contributed by atoms with Crippen LogP contribution in [0.3, 0.4) is 0 Å². The number of carbonyl (C=O) groups is 1. The van der Waals surface area contributed by atoms with E-state index in [1.165, 1.54) is 0 Å². The lowest BCUT2D eigenvalue weighted by atomic mass is 9.81. The van der Waals surface area contributed by atoms with Gasteiger partial charge >= 0.3 is 7.12 Å². The third-order valence-electron chi connectivity index (χ3n) is 5.73. The lowest BCUT2D eigenvalue weighted by molar-refractivity contribution is -0.141. The molecule has 154 valence electrons. The Hall–Kier alpha value is -1.75. The molecule has 3 heterocycles. The fraction of sp³-hybridized carbons (Fsp3) is 0.722. The van der Waals surface area contributed by atoms with Gasteiger partial charge in [-0.1, -0.05) is 0 Å². The van der Waals surface area contributed by atoms with E-state index in [9.17, 15) is 9.90 Å². The number of aromatic nitrogens is 2. The fourth-order valence-corrected chi connectivity index (χ4v) is 3.22. The van der Waals surface area contributed by atoms with Gasteiger partial charge in [0.15, 0.2) is 6.10 Å². The smallest absolute Gasteiger partial charge is 0.399 e. The number of nitrogens with zero attached hydrogens (tertiary/aromatic N) is 4. The highest BCUT2D eigenvalue weighted by Gasteiger charge is 2.52. The molecule has 1 aromatic rings. The predicted molar refractivity (Wildman–Crippen MR) is 104 cm³/mol. The Bertz CT molecular complexity index is 684. The second-order valence-corrected chi connectivity index (χ2v) is 8.27. The standard InChI is InChI=1S/C18H29BN4O5/c1-17(2)18(3,4)28-19(27-17)13-10-20-16(21-11-13)23-7-5-6-22(8-9-23)15(26)14(25)12-24/h10-11,14,24-25H,5-9,12H2,1-4H3/t14-/m0/s1. The quantitative estimate of drug-likeness (QED) is 0.640. The van der Waals surface area contributed by atoms with Crippen molar-refractivity contribution in [1.82, 2.24) is 14.9 Å². The largest absolute Gasteiger partial charge is 0.498 e. The van der Waals surface area contributed by atoms with Gasteiger partial charge in [-0.2, -0.15) is 0 Å². The molecule has 2 saturated heterocycles. The number of carbonyl (C=O) groups excluding carboxylic acids is 1. The SMILES string of the molecule is CC1(C)OB(c2cnc(N3CCCN(C(=O)[C@@H](O)CO)CC3)nc2)OC1(C)C. The van der Waals surface area contributed by atoms with Crippen molar-refractivity contribution in [1.29, 1.82) is 0 Å². The molecule has 2 aliphatic rings. The number of anilines is 1. The highest BCUT2D eigenvalue weighted by molar-refractivity contribution is 6.61. The number of amides is 1. The van der Waals surface area contributed by atoms with E-state index in [2.05, 4.69) is 9.97 Å². The number of hydrogen-bond acceptors (Lipinski definition) is 8. The summed E-state index contributed by atoms with van der Waals surface area (Å²) in [5.41, 5.74) is -0.0768. The maximum atomic E-state index is 12.1. The summed E-state index contributed by atoms with van der Waals surface area (Å²) >= 11 is 0. The number of aliphatic hydroxyl groups excluding tert-OH is 2. The Balaban J connectivity index is 1.64. The first-order chi connectivity index (χ1) is 13.1. The number of rotatable bonds is 4. The first kappa shape index (κ1) is 21.0. The van der Waals surface area contributed by atoms with Crippen LogP contribution >= 0.6 is 0 Å². The van der Waals surface area contributed by atoms with Gasteiger partial charge in [0.05, 0.1) is 17.8 Å². The van der Waals surface area contributed by atoms with Crippen LogP contribution in [0.2, 0.25) is 0 Å². The van der Waals surface area contributed by atoms with E-state index in [0.29, 0.717) is 32.1 Å². The monoisotopic (exact) mass is 392 g/mol. The predicted octanol–water partition coefficient (Wildman–Crippen LogP) is -0.832. The lowest BCUT2D eigenvalue weighted by Crippen LogP contribution is -2.43. The van der Waals surface area contributed by atoms with Gasteiger partial charge in [-0.05, 0) is 34.1 Å². The molecule has 0 aromatic carbocycles. The van der Waals surface area contributed by atoms with Crippen molar-refractivity contribution >= 4 is 24.4 Å². The van der Waals surface area contributed by atoms with Crippen molar-refractivity contribution in [2.75, 3.05) is 37.7 Å². The second-order valence-electron chi connectivity index (χ2n) is 8.27. The molecule has 0 aliphatic carbocycles. The van der Waals surface area contributed by atoms with Crippen LogP contribution in [0.4, 0.5) is 5.95 Å². The molecule has 0 saturated carbocycles. The van der Waals surface area contributed by atoms with E-state index in [4.69, 9.17) is 14.4 Å². The maximum absolute atomic E-state index is 12.1. The van der Waals surface area contributed by atoms with Gasteiger partial charge in [0.1, 0.15) is 0 Å².